The van der Waals surface area contributed by atoms with E-state index < -0.39 is 38.7 Å². The lowest BCUT2D eigenvalue weighted by Gasteiger charge is -2.11. The van der Waals surface area contributed by atoms with E-state index in [1.165, 1.54) is 0 Å². The predicted molar refractivity (Wildman–Crippen MR) is 115 cm³/mol. The average molecular weight is 457 g/mol. The molecule has 3 heterocycles. The van der Waals surface area contributed by atoms with Crippen molar-refractivity contribution in [2.24, 2.45) is 0 Å². The predicted octanol–water partition coefficient (Wildman–Crippen LogP) is 3.68. The molecule has 2 N–H and O–H groups in total. The van der Waals surface area contributed by atoms with Crippen molar-refractivity contribution in [1.82, 2.24) is 20.2 Å². The van der Waals surface area contributed by atoms with E-state index in [1.807, 2.05) is 4.72 Å². The van der Waals surface area contributed by atoms with Gasteiger partial charge in [0, 0.05) is 18.0 Å². The summed E-state index contributed by atoms with van der Waals surface area (Å²) in [5.41, 5.74) is 0.312. The fourth-order valence-corrected chi connectivity index (χ4v) is 4.30. The first-order chi connectivity index (χ1) is 15.3. The number of nitrogens with one attached hydrogen (secondary N) is 2. The van der Waals surface area contributed by atoms with Gasteiger partial charge >= 0.3 is 0 Å². The molecular formula is C21H17F2N5O3S. The molecule has 1 aromatic carbocycles. The Balaban J connectivity index is 1.77. The minimum atomic E-state index is -3.98. The number of ketones is 1. The number of H-pyrrole nitrogens is 1. The second-order valence-corrected chi connectivity index (χ2v) is 8.78. The number of pyridine rings is 2. The zero-order chi connectivity index (χ0) is 22.9. The number of benzene rings is 1. The quantitative estimate of drug-likeness (QED) is 0.409. The van der Waals surface area contributed by atoms with Crippen LogP contribution in [0.3, 0.4) is 0 Å². The maximum atomic E-state index is 15.0. The van der Waals surface area contributed by atoms with Crippen LogP contribution in [0.4, 0.5) is 14.5 Å². The molecule has 8 nitrogen and oxygen atoms in total. The molecule has 4 aromatic rings. The standard InChI is InChI=1S/C21H17F2N5O3S/c1-2-11-32(30,31)28-18-14(22)4-3-13(17(18)23)21(29)20-19-16(26-27-20)6-5-15(25-19)12-7-9-24-10-8-12/h3-10,28H,2,11H2,1H3,(H,26,27). The summed E-state index contributed by atoms with van der Waals surface area (Å²) >= 11 is 0. The van der Waals surface area contributed by atoms with Gasteiger partial charge in [-0.3, -0.25) is 19.6 Å². The van der Waals surface area contributed by atoms with Gasteiger partial charge in [-0.25, -0.2) is 22.2 Å². The van der Waals surface area contributed by atoms with Gasteiger partial charge in [0.05, 0.1) is 22.5 Å². The molecule has 0 saturated carbocycles. The molecule has 0 bridgehead atoms. The number of sulfonamides is 1. The molecule has 11 heteroatoms. The number of anilines is 1. The molecule has 0 amide bonds. The molecule has 0 radical (unpaired) electrons. The average Bonchev–Trinajstić information content (AvgIpc) is 3.20. The Labute approximate surface area is 181 Å². The van der Waals surface area contributed by atoms with Gasteiger partial charge in [-0.05, 0) is 42.8 Å². The highest BCUT2D eigenvalue weighted by Crippen LogP contribution is 2.27. The molecule has 0 atom stereocenters. The van der Waals surface area contributed by atoms with Gasteiger partial charge in [-0.1, -0.05) is 6.92 Å². The van der Waals surface area contributed by atoms with E-state index in [0.29, 0.717) is 11.2 Å². The van der Waals surface area contributed by atoms with Crippen molar-refractivity contribution in [2.45, 2.75) is 13.3 Å². The van der Waals surface area contributed by atoms with E-state index in [2.05, 4.69) is 20.2 Å². The van der Waals surface area contributed by atoms with Crippen LogP contribution >= 0.6 is 0 Å². The lowest BCUT2D eigenvalue weighted by atomic mass is 10.1. The zero-order valence-corrected chi connectivity index (χ0v) is 17.6. The van der Waals surface area contributed by atoms with Crippen molar-refractivity contribution < 1.29 is 22.0 Å². The molecule has 0 aliphatic heterocycles. The van der Waals surface area contributed by atoms with Crippen LogP contribution in [0, 0.1) is 11.6 Å². The van der Waals surface area contributed by atoms with Gasteiger partial charge in [-0.2, -0.15) is 5.10 Å². The maximum absolute atomic E-state index is 15.0. The monoisotopic (exact) mass is 457 g/mol. The summed E-state index contributed by atoms with van der Waals surface area (Å²) in [6.45, 7) is 1.61. The number of hydrogen-bond donors (Lipinski definition) is 2. The Hall–Kier alpha value is -3.73. The van der Waals surface area contributed by atoms with Crippen LogP contribution in [0.15, 0.2) is 48.8 Å². The summed E-state index contributed by atoms with van der Waals surface area (Å²) in [4.78, 5) is 21.5. The van der Waals surface area contributed by atoms with E-state index >= 15 is 4.39 Å². The van der Waals surface area contributed by atoms with Crippen molar-refractivity contribution in [3.05, 3.63) is 71.7 Å². The molecule has 0 spiro atoms. The van der Waals surface area contributed by atoms with Crippen molar-refractivity contribution in [2.75, 3.05) is 10.5 Å². The molecule has 0 aliphatic carbocycles. The van der Waals surface area contributed by atoms with Crippen molar-refractivity contribution in [3.63, 3.8) is 0 Å². The van der Waals surface area contributed by atoms with Crippen molar-refractivity contribution in [3.8, 4) is 11.3 Å². The smallest absolute Gasteiger partial charge is 0.232 e. The number of carbonyl (C=O) groups is 1. The summed E-state index contributed by atoms with van der Waals surface area (Å²) in [5.74, 6) is -3.65. The number of aromatic nitrogens is 4. The minimum Gasteiger partial charge on any atom is -0.287 e. The maximum Gasteiger partial charge on any atom is 0.232 e. The second kappa shape index (κ2) is 8.42. The molecular weight excluding hydrogens is 440 g/mol. The summed E-state index contributed by atoms with van der Waals surface area (Å²) < 4.78 is 55.1. The first-order valence-corrected chi connectivity index (χ1v) is 11.2. The van der Waals surface area contributed by atoms with Crippen LogP contribution in [-0.2, 0) is 10.0 Å². The SMILES string of the molecule is CCCS(=O)(=O)Nc1c(F)ccc(C(=O)c2n[nH]c3ccc(-c4ccncc4)nc23)c1F. The highest BCUT2D eigenvalue weighted by atomic mass is 32.2. The van der Waals surface area contributed by atoms with Gasteiger partial charge in [0.2, 0.25) is 15.8 Å². The first-order valence-electron chi connectivity index (χ1n) is 9.59. The molecule has 32 heavy (non-hydrogen) atoms. The molecule has 0 saturated heterocycles. The van der Waals surface area contributed by atoms with Crippen LogP contribution in [0.5, 0.6) is 0 Å². The number of rotatable bonds is 7. The van der Waals surface area contributed by atoms with E-state index in [4.69, 9.17) is 0 Å². The Morgan fingerprint density at radius 2 is 1.84 bits per heavy atom. The van der Waals surface area contributed by atoms with E-state index in [-0.39, 0.29) is 23.4 Å². The third kappa shape index (κ3) is 4.06. The zero-order valence-electron chi connectivity index (χ0n) is 16.8. The molecule has 0 aliphatic rings. The molecule has 0 fully saturated rings. The second-order valence-electron chi connectivity index (χ2n) is 6.93. The largest absolute Gasteiger partial charge is 0.287 e. The Morgan fingerprint density at radius 3 is 2.56 bits per heavy atom. The summed E-state index contributed by atoms with van der Waals surface area (Å²) in [6, 6.07) is 8.65. The fourth-order valence-electron chi connectivity index (χ4n) is 3.16. The highest BCUT2D eigenvalue weighted by Gasteiger charge is 2.26. The number of fused-ring (bicyclic) bond motifs is 1. The van der Waals surface area contributed by atoms with Gasteiger partial charge < -0.3 is 0 Å². The molecule has 164 valence electrons. The Bertz CT molecular complexity index is 1420. The van der Waals surface area contributed by atoms with Crippen molar-refractivity contribution in [1.29, 1.82) is 0 Å². The Kier molecular flexibility index (Phi) is 5.66. The van der Waals surface area contributed by atoms with Gasteiger partial charge in [0.1, 0.15) is 17.0 Å². The number of carbonyl (C=O) groups excluding carboxylic acids is 1. The van der Waals surface area contributed by atoms with Gasteiger partial charge in [0.25, 0.3) is 0 Å². The molecule has 4 rings (SSSR count). The summed E-state index contributed by atoms with van der Waals surface area (Å²) in [7, 11) is -3.98. The topological polar surface area (TPSA) is 118 Å². The van der Waals surface area contributed by atoms with Gasteiger partial charge in [0.15, 0.2) is 11.5 Å². The molecule has 3 aromatic heterocycles. The first kappa shape index (κ1) is 21.5. The van der Waals surface area contributed by atoms with E-state index in [1.54, 1.807) is 43.6 Å². The van der Waals surface area contributed by atoms with Crippen molar-refractivity contribution >= 4 is 32.5 Å². The minimum absolute atomic E-state index is 0.177. The number of halogens is 2. The summed E-state index contributed by atoms with van der Waals surface area (Å²) in [6.07, 6.45) is 3.44. The normalized spacial score (nSPS) is 11.6. The highest BCUT2D eigenvalue weighted by molar-refractivity contribution is 7.92. The van der Waals surface area contributed by atoms with E-state index in [9.17, 15) is 17.6 Å². The van der Waals surface area contributed by atoms with Crippen LogP contribution in [0.1, 0.15) is 29.4 Å². The van der Waals surface area contributed by atoms with Crippen LogP contribution in [0.25, 0.3) is 22.3 Å². The van der Waals surface area contributed by atoms with Crippen LogP contribution in [0.2, 0.25) is 0 Å². The number of hydrogen-bond acceptors (Lipinski definition) is 6. The van der Waals surface area contributed by atoms with Crippen LogP contribution in [-0.4, -0.2) is 40.1 Å². The summed E-state index contributed by atoms with van der Waals surface area (Å²) in [5, 5.41) is 6.62. The third-order valence-electron chi connectivity index (χ3n) is 4.67. The molecule has 0 unspecified atom stereocenters. The van der Waals surface area contributed by atoms with Crippen LogP contribution < -0.4 is 4.72 Å². The number of aromatic amines is 1. The van der Waals surface area contributed by atoms with E-state index in [0.717, 1.165) is 17.7 Å². The lowest BCUT2D eigenvalue weighted by molar-refractivity contribution is 0.103. The van der Waals surface area contributed by atoms with Gasteiger partial charge in [-0.15, -0.1) is 0 Å². The Morgan fingerprint density at radius 1 is 1.09 bits per heavy atom. The third-order valence-corrected chi connectivity index (χ3v) is 6.13. The number of nitrogens with zero attached hydrogens (tertiary/aromatic N) is 3. The lowest BCUT2D eigenvalue weighted by Crippen LogP contribution is -2.19. The fraction of sp³-hybridized carbons (Fsp3) is 0.143.